The van der Waals surface area contributed by atoms with Crippen molar-refractivity contribution >= 4 is 20.4 Å². The van der Waals surface area contributed by atoms with E-state index in [-0.39, 0.29) is 19.5 Å². The molecule has 0 radical (unpaired) electrons. The number of nitrogens with zero attached hydrogens (tertiary/aromatic N) is 3. The van der Waals surface area contributed by atoms with Crippen LogP contribution in [0.15, 0.2) is 0 Å². The van der Waals surface area contributed by atoms with E-state index in [9.17, 15) is 0 Å². The van der Waals surface area contributed by atoms with Crippen LogP contribution in [0.2, 0.25) is 0 Å². The van der Waals surface area contributed by atoms with E-state index in [1.807, 2.05) is 0 Å². The van der Waals surface area contributed by atoms with Gasteiger partial charge in [-0.1, -0.05) is 0 Å². The molecule has 16 heavy (non-hydrogen) atoms. The molecule has 0 aromatic rings. The van der Waals surface area contributed by atoms with Gasteiger partial charge in [0.15, 0.2) is 0 Å². The predicted molar refractivity (Wildman–Crippen MR) is 42.8 cm³/mol. The van der Waals surface area contributed by atoms with Crippen LogP contribution in [0.5, 0.6) is 0 Å². The molecule has 0 saturated carbocycles. The molecular weight excluding hydrogens is 419 g/mol. The first-order chi connectivity index (χ1) is 6.61. The van der Waals surface area contributed by atoms with Crippen molar-refractivity contribution in [1.82, 2.24) is 0 Å². The van der Waals surface area contributed by atoms with E-state index in [2.05, 4.69) is 0 Å². The van der Waals surface area contributed by atoms with Gasteiger partial charge in [-0.2, -0.15) is 0 Å². The van der Waals surface area contributed by atoms with Crippen molar-refractivity contribution in [2.45, 2.75) is 0 Å². The van der Waals surface area contributed by atoms with Crippen LogP contribution >= 0.6 is 20.4 Å². The van der Waals surface area contributed by atoms with Crippen LogP contribution in [0, 0.1) is 46.0 Å². The first-order valence-electron chi connectivity index (χ1n) is 1.88. The smallest absolute Gasteiger partial charge is 3.00 e. The summed E-state index contributed by atoms with van der Waals surface area (Å²) in [7, 11) is 9.40. The molecule has 0 rings (SSSR count). The zero-order chi connectivity index (χ0) is 13.4. The standard InChI is InChI=1S/2ClH.3NO3.Ni.Rh/c;;3*2-1(3)4;;/h2*1H;;;;;/q;;3*-1;+2;+3/p-2. The quantitative estimate of drug-likeness (QED) is 0.308. The summed E-state index contributed by atoms with van der Waals surface area (Å²) < 4.78 is 0. The van der Waals surface area contributed by atoms with Crippen molar-refractivity contribution < 1.29 is 47.4 Å². The van der Waals surface area contributed by atoms with Gasteiger partial charge in [0.2, 0.25) is 0 Å². The fourth-order valence-electron chi connectivity index (χ4n) is 0. The molecule has 0 fully saturated rings. The molecule has 12 nitrogen and oxygen atoms in total. The van der Waals surface area contributed by atoms with Gasteiger partial charge in [0.1, 0.15) is 0 Å². The fourth-order valence-corrected chi connectivity index (χ4v) is 0. The molecular formula is Cl2N3NiO9Rh. The molecule has 0 aromatic heterocycles. The zero-order valence-corrected chi connectivity index (χ0v) is 10.6. The third-order valence-corrected chi connectivity index (χ3v) is 0. The first-order valence-corrected chi connectivity index (χ1v) is 4.60. The van der Waals surface area contributed by atoms with Crippen LogP contribution in [0.1, 0.15) is 0 Å². The molecule has 0 aliphatic heterocycles. The van der Waals surface area contributed by atoms with E-state index in [0.717, 1.165) is 0 Å². The minimum Gasteiger partial charge on any atom is 3.00 e. The first kappa shape index (κ1) is 29.5. The molecule has 0 saturated heterocycles. The molecule has 0 N–H and O–H groups in total. The summed E-state index contributed by atoms with van der Waals surface area (Å²) in [6.45, 7) is 0. The third-order valence-electron chi connectivity index (χ3n) is 0. The maximum absolute atomic E-state index is 8.25. The average Bonchev–Trinajstić information content (AvgIpc) is 1.81. The summed E-state index contributed by atoms with van der Waals surface area (Å²) in [6.07, 6.45) is 0. The Labute approximate surface area is 114 Å². The molecule has 0 amide bonds. The Morgan fingerprint density at radius 2 is 0.688 bits per heavy atom. The van der Waals surface area contributed by atoms with Crippen molar-refractivity contribution in [3.63, 3.8) is 0 Å². The Balaban J connectivity index is -0.0000000331. The molecule has 0 aliphatic rings. The van der Waals surface area contributed by atoms with Gasteiger partial charge in [0.25, 0.3) is 0 Å². The van der Waals surface area contributed by atoms with Crippen LogP contribution in [0.3, 0.4) is 0 Å². The van der Waals surface area contributed by atoms with Gasteiger partial charge < -0.3 is 46.0 Å². The monoisotopic (exact) mass is 417 g/mol. The van der Waals surface area contributed by atoms with Crippen LogP contribution in [-0.4, -0.2) is 15.3 Å². The van der Waals surface area contributed by atoms with Gasteiger partial charge in [-0.25, -0.2) is 0 Å². The van der Waals surface area contributed by atoms with E-state index in [1.54, 1.807) is 0 Å². The van der Waals surface area contributed by atoms with E-state index < -0.39 is 15.3 Å². The maximum Gasteiger partial charge on any atom is 3.00 e. The minimum atomic E-state index is -1.75. The number of halogens is 2. The van der Waals surface area contributed by atoms with Crippen molar-refractivity contribution in [3.8, 4) is 0 Å². The van der Waals surface area contributed by atoms with Crippen molar-refractivity contribution in [2.75, 3.05) is 0 Å². The van der Waals surface area contributed by atoms with Crippen LogP contribution < -0.4 is 0 Å². The second-order valence-electron chi connectivity index (χ2n) is 0.716. The van der Waals surface area contributed by atoms with Gasteiger partial charge in [-0.05, 0) is 0 Å². The zero-order valence-electron chi connectivity index (χ0n) is 6.42. The summed E-state index contributed by atoms with van der Waals surface area (Å²) in [5.74, 6) is 0. The fraction of sp³-hybridized carbons (Fsp3) is 0. The summed E-state index contributed by atoms with van der Waals surface area (Å²) in [6, 6.07) is 0. The second-order valence-corrected chi connectivity index (χ2v) is 2.35. The van der Waals surface area contributed by atoms with Crippen LogP contribution in [-0.2, 0) is 32.1 Å². The van der Waals surface area contributed by atoms with Crippen LogP contribution in [0.25, 0.3) is 0 Å². The summed E-state index contributed by atoms with van der Waals surface area (Å²) >= 11 is 0.569. The van der Waals surface area contributed by atoms with E-state index in [0.29, 0.717) is 12.7 Å². The van der Waals surface area contributed by atoms with Gasteiger partial charge in [-0.15, -0.1) is 0 Å². The number of rotatable bonds is 0. The molecule has 0 unspecified atom stereocenters. The third kappa shape index (κ3) is 4070. The molecule has 0 spiro atoms. The van der Waals surface area contributed by atoms with E-state index >= 15 is 0 Å². The van der Waals surface area contributed by atoms with Crippen molar-refractivity contribution in [3.05, 3.63) is 46.0 Å². The minimum absolute atomic E-state index is 0. The Morgan fingerprint density at radius 1 is 0.688 bits per heavy atom. The van der Waals surface area contributed by atoms with Gasteiger partial charge >= 0.3 is 52.5 Å². The Morgan fingerprint density at radius 3 is 0.688 bits per heavy atom. The normalized spacial score (nSPS) is 5.88. The van der Waals surface area contributed by atoms with Crippen LogP contribution in [0.4, 0.5) is 0 Å². The summed E-state index contributed by atoms with van der Waals surface area (Å²) in [5, 5.41) is 44.2. The number of hydrogen-bond donors (Lipinski definition) is 0. The molecule has 0 aromatic carbocycles. The topological polar surface area (TPSA) is 199 Å². The molecule has 102 valence electrons. The summed E-state index contributed by atoms with van der Waals surface area (Å²) in [5.41, 5.74) is 0. The predicted octanol–water partition coefficient (Wildman–Crippen LogP) is 0.657. The second kappa shape index (κ2) is 29.2. The van der Waals surface area contributed by atoms with E-state index in [4.69, 9.17) is 66.4 Å². The molecule has 16 heteroatoms. The molecule has 0 heterocycles. The van der Waals surface area contributed by atoms with E-state index in [1.165, 1.54) is 0 Å². The Bertz CT molecular complexity index is 138. The molecule has 0 atom stereocenters. The van der Waals surface area contributed by atoms with Gasteiger partial charge in [-0.3, -0.25) is 0 Å². The SMILES string of the molecule is O=[N+]([O-])[O-].O=[N+]([O-])[O-].O=[N+]([O-])[O-].[Cl][Ni][Cl].[Rh+3]. The van der Waals surface area contributed by atoms with Crippen molar-refractivity contribution in [2.24, 2.45) is 0 Å². The van der Waals surface area contributed by atoms with Gasteiger partial charge in [0, 0.05) is 0 Å². The van der Waals surface area contributed by atoms with Crippen molar-refractivity contribution in [1.29, 1.82) is 0 Å². The average molecular weight is 419 g/mol. The largest absolute Gasteiger partial charge is 3.00 e. The Hall–Kier alpha value is -0.703. The summed E-state index contributed by atoms with van der Waals surface area (Å²) in [4.78, 5) is 24.8. The maximum atomic E-state index is 8.25. The molecule has 0 bridgehead atoms. The Kier molecular flexibility index (Phi) is 53.9. The van der Waals surface area contributed by atoms with Gasteiger partial charge in [0.05, 0.1) is 15.3 Å². The molecule has 0 aliphatic carbocycles. The number of hydrogen-bond acceptors (Lipinski definition) is 9.